The number of phenols is 1. The molecule has 3 rings (SSSR count). The van der Waals surface area contributed by atoms with E-state index in [1.54, 1.807) is 18.2 Å². The van der Waals surface area contributed by atoms with Crippen LogP contribution in [0.25, 0.3) is 6.08 Å². The van der Waals surface area contributed by atoms with Crippen molar-refractivity contribution in [1.82, 2.24) is 0 Å². The summed E-state index contributed by atoms with van der Waals surface area (Å²) in [6.45, 7) is 4.62. The van der Waals surface area contributed by atoms with E-state index < -0.39 is 23.6 Å². The quantitative estimate of drug-likeness (QED) is 0.623. The highest BCUT2D eigenvalue weighted by Crippen LogP contribution is 2.55. The number of nitrogens with one attached hydrogen (secondary N) is 1. The Hall–Kier alpha value is -2.15. The Bertz CT molecular complexity index is 781. The number of aliphatic hydroxyl groups excluding tert-OH is 2. The number of aliphatic hydroxyl groups is 2. The number of benzene rings is 1. The van der Waals surface area contributed by atoms with Crippen LogP contribution in [0.3, 0.4) is 0 Å². The van der Waals surface area contributed by atoms with Crippen LogP contribution in [0, 0.1) is 0 Å². The van der Waals surface area contributed by atoms with Gasteiger partial charge in [-0.25, -0.2) is 0 Å². The minimum Gasteiger partial charge on any atom is -0.507 e. The fraction of sp³-hybridized carbons (Fsp3) is 0.500. The molecule has 3 atom stereocenters. The van der Waals surface area contributed by atoms with Gasteiger partial charge in [0.05, 0.1) is 17.8 Å². The van der Waals surface area contributed by atoms with E-state index in [-0.39, 0.29) is 18.3 Å². The lowest BCUT2D eigenvalue weighted by Crippen LogP contribution is -2.32. The third kappa shape index (κ3) is 4.46. The number of carbonyl (C=O) groups is 1. The number of hydrogen-bond donors (Lipinski definition) is 4. The third-order valence-corrected chi connectivity index (χ3v) is 5.20. The molecule has 1 aliphatic heterocycles. The van der Waals surface area contributed by atoms with E-state index in [1.165, 1.54) is 6.08 Å². The Morgan fingerprint density at radius 1 is 1.18 bits per heavy atom. The van der Waals surface area contributed by atoms with Crippen LogP contribution in [0.4, 0.5) is 5.69 Å². The van der Waals surface area contributed by atoms with Gasteiger partial charge in [0, 0.05) is 23.9 Å². The summed E-state index contributed by atoms with van der Waals surface area (Å²) in [6, 6.07) is 3.66. The van der Waals surface area contributed by atoms with Gasteiger partial charge in [0.25, 0.3) is 0 Å². The van der Waals surface area contributed by atoms with Gasteiger partial charge in [-0.1, -0.05) is 18.2 Å². The molecule has 1 aromatic rings. The van der Waals surface area contributed by atoms with Gasteiger partial charge < -0.3 is 25.4 Å². The third-order valence-electron chi connectivity index (χ3n) is 5.20. The van der Waals surface area contributed by atoms with Crippen LogP contribution < -0.4 is 5.32 Å². The number of aromatic hydroxyl groups is 1. The summed E-state index contributed by atoms with van der Waals surface area (Å²) in [4.78, 5) is 12.0. The number of carbonyl (C=O) groups excluding carboxylic acids is 1. The second-order valence-corrected chi connectivity index (χ2v) is 7.60. The summed E-state index contributed by atoms with van der Waals surface area (Å²) < 4.78 is 6.30. The van der Waals surface area contributed by atoms with E-state index in [9.17, 15) is 20.1 Å². The van der Waals surface area contributed by atoms with Crippen molar-refractivity contribution in [3.63, 3.8) is 0 Å². The first-order valence-electron chi connectivity index (χ1n) is 9.88. The van der Waals surface area contributed by atoms with Gasteiger partial charge in [-0.15, -0.1) is 0 Å². The second kappa shape index (κ2) is 8.47. The van der Waals surface area contributed by atoms with Crippen molar-refractivity contribution in [2.75, 3.05) is 11.9 Å². The van der Waals surface area contributed by atoms with Gasteiger partial charge in [-0.05, 0) is 57.2 Å². The van der Waals surface area contributed by atoms with Crippen LogP contribution in [0.15, 0.2) is 30.4 Å². The molecule has 1 aromatic carbocycles. The van der Waals surface area contributed by atoms with Gasteiger partial charge in [0.2, 0.25) is 0 Å². The minimum absolute atomic E-state index is 0.122. The lowest BCUT2D eigenvalue weighted by Gasteiger charge is -2.25. The van der Waals surface area contributed by atoms with Crippen molar-refractivity contribution in [2.45, 2.75) is 63.4 Å². The fourth-order valence-corrected chi connectivity index (χ4v) is 3.68. The molecule has 4 N–H and O–H groups in total. The number of hydrogen-bond acceptors (Lipinski definition) is 6. The van der Waals surface area contributed by atoms with Crippen LogP contribution in [0.1, 0.15) is 50.7 Å². The van der Waals surface area contributed by atoms with Crippen molar-refractivity contribution in [1.29, 1.82) is 0 Å². The van der Waals surface area contributed by atoms with Gasteiger partial charge >= 0.3 is 0 Å². The Balaban J connectivity index is 2.02. The van der Waals surface area contributed by atoms with Crippen molar-refractivity contribution >= 4 is 17.5 Å². The summed E-state index contributed by atoms with van der Waals surface area (Å²) >= 11 is 0. The molecule has 2 aliphatic rings. The molecule has 1 aliphatic carbocycles. The summed E-state index contributed by atoms with van der Waals surface area (Å²) in [6.07, 6.45) is 5.93. The Labute approximate surface area is 165 Å². The number of anilines is 1. The predicted octanol–water partition coefficient (Wildman–Crippen LogP) is 2.87. The molecule has 0 bridgehead atoms. The summed E-state index contributed by atoms with van der Waals surface area (Å²) in [5, 5.41) is 34.1. The van der Waals surface area contributed by atoms with Crippen LogP contribution >= 0.6 is 0 Å². The monoisotopic (exact) mass is 387 g/mol. The SMILES string of the molecule is CCNc1cc(O)c2c(c1)/C=C/CC(O)C(O)C(=O)/C=C\CC(C)OC21CC1. The molecule has 0 amide bonds. The lowest BCUT2D eigenvalue weighted by molar-refractivity contribution is -0.127. The van der Waals surface area contributed by atoms with Crippen LogP contribution in [-0.4, -0.2) is 46.0 Å². The molecule has 6 nitrogen and oxygen atoms in total. The van der Waals surface area contributed by atoms with Crippen LogP contribution in [0.2, 0.25) is 0 Å². The van der Waals surface area contributed by atoms with E-state index in [4.69, 9.17) is 4.74 Å². The predicted molar refractivity (Wildman–Crippen MR) is 108 cm³/mol. The Kier molecular flexibility index (Phi) is 6.23. The lowest BCUT2D eigenvalue weighted by atomic mass is 9.96. The first kappa shape index (κ1) is 20.6. The van der Waals surface area contributed by atoms with Crippen LogP contribution in [0.5, 0.6) is 5.75 Å². The second-order valence-electron chi connectivity index (χ2n) is 7.60. The van der Waals surface area contributed by atoms with E-state index in [0.717, 1.165) is 36.2 Å². The largest absolute Gasteiger partial charge is 0.507 e. The smallest absolute Gasteiger partial charge is 0.186 e. The zero-order valence-electron chi connectivity index (χ0n) is 16.4. The van der Waals surface area contributed by atoms with Crippen LogP contribution in [-0.2, 0) is 15.1 Å². The maximum absolute atomic E-state index is 12.0. The number of rotatable bonds is 2. The van der Waals surface area contributed by atoms with Gasteiger partial charge in [0.15, 0.2) is 5.78 Å². The topological polar surface area (TPSA) is 99.0 Å². The van der Waals surface area contributed by atoms with E-state index in [0.29, 0.717) is 6.42 Å². The maximum atomic E-state index is 12.0. The molecule has 152 valence electrons. The maximum Gasteiger partial charge on any atom is 0.186 e. The number of ketones is 1. The van der Waals surface area contributed by atoms with Crippen molar-refractivity contribution in [3.05, 3.63) is 41.5 Å². The highest BCUT2D eigenvalue weighted by Gasteiger charge is 2.49. The highest BCUT2D eigenvalue weighted by molar-refractivity contribution is 5.93. The van der Waals surface area contributed by atoms with Gasteiger partial charge in [-0.3, -0.25) is 4.79 Å². The van der Waals surface area contributed by atoms with Crippen molar-refractivity contribution in [2.24, 2.45) is 0 Å². The first-order valence-corrected chi connectivity index (χ1v) is 9.88. The molecular weight excluding hydrogens is 358 g/mol. The summed E-state index contributed by atoms with van der Waals surface area (Å²) in [5.41, 5.74) is 1.83. The molecule has 1 heterocycles. The molecule has 1 saturated carbocycles. The average Bonchev–Trinajstić information content (AvgIpc) is 3.39. The summed E-state index contributed by atoms with van der Waals surface area (Å²) in [5.74, 6) is -0.333. The Morgan fingerprint density at radius 2 is 1.89 bits per heavy atom. The number of ether oxygens (including phenoxy) is 1. The highest BCUT2D eigenvalue weighted by atomic mass is 16.5. The van der Waals surface area contributed by atoms with E-state index in [2.05, 4.69) is 5.32 Å². The van der Waals surface area contributed by atoms with Gasteiger partial charge in [0.1, 0.15) is 11.9 Å². The molecule has 0 aromatic heterocycles. The average molecular weight is 387 g/mol. The molecule has 0 saturated heterocycles. The standard InChI is InChI=1S/C22H29NO5/c1-3-23-16-12-15-7-5-9-18(25)21(27)17(24)8-4-6-14(2)28-22(10-11-22)20(15)19(26)13-16/h4-5,7-8,12-14,18,21,23,25-27H,3,6,9-11H2,1-2H3/b7-5+,8-4-. The Morgan fingerprint density at radius 3 is 2.57 bits per heavy atom. The summed E-state index contributed by atoms with van der Waals surface area (Å²) in [7, 11) is 0. The normalized spacial score (nSPS) is 29.6. The molecule has 1 fully saturated rings. The van der Waals surface area contributed by atoms with Gasteiger partial charge in [-0.2, -0.15) is 0 Å². The zero-order valence-corrected chi connectivity index (χ0v) is 16.4. The van der Waals surface area contributed by atoms with E-state index >= 15 is 0 Å². The molecular formula is C22H29NO5. The first-order chi connectivity index (χ1) is 13.4. The number of phenolic OH excluding ortho intramolecular Hbond substituents is 1. The van der Waals surface area contributed by atoms with Crippen molar-refractivity contribution < 1.29 is 24.9 Å². The number of fused-ring (bicyclic) bond motifs is 2. The molecule has 3 unspecified atom stereocenters. The molecule has 28 heavy (non-hydrogen) atoms. The van der Waals surface area contributed by atoms with E-state index in [1.807, 2.05) is 26.0 Å². The fourth-order valence-electron chi connectivity index (χ4n) is 3.68. The minimum atomic E-state index is -1.46. The van der Waals surface area contributed by atoms with Crippen molar-refractivity contribution in [3.8, 4) is 5.75 Å². The molecule has 1 spiro atoms. The zero-order chi connectivity index (χ0) is 20.3. The molecule has 6 heteroatoms. The molecule has 0 radical (unpaired) electrons.